The van der Waals surface area contributed by atoms with E-state index in [1.165, 1.54) is 25.7 Å². The fourth-order valence-corrected chi connectivity index (χ4v) is 2.74. The molecule has 1 unspecified atom stereocenters. The zero-order chi connectivity index (χ0) is 12.4. The van der Waals surface area contributed by atoms with E-state index in [0.29, 0.717) is 12.0 Å². The highest BCUT2D eigenvalue weighted by atomic mass is 15.3. The maximum atomic E-state index is 6.31. The summed E-state index contributed by atoms with van der Waals surface area (Å²) in [5.74, 6) is 2.47. The molecule has 4 heteroatoms. The predicted molar refractivity (Wildman–Crippen MR) is 68.6 cm³/mol. The van der Waals surface area contributed by atoms with Gasteiger partial charge in [0, 0.05) is 6.04 Å². The lowest BCUT2D eigenvalue weighted by Gasteiger charge is -2.22. The first kappa shape index (κ1) is 12.6. The number of aryl methyl sites for hydroxylation is 1. The van der Waals surface area contributed by atoms with Crippen LogP contribution in [0, 0.1) is 12.8 Å². The number of aromatic nitrogens is 3. The minimum absolute atomic E-state index is 0.0156. The Morgan fingerprint density at radius 1 is 1.35 bits per heavy atom. The standard InChI is InChI=1S/C13H24N4/c1-4-9(2)12(14)13-16-15-10(3)17(13)11-7-5-6-8-11/h9,11-12H,4-8,14H2,1-3H3/t9?,12-/m0/s1. The van der Waals surface area contributed by atoms with Gasteiger partial charge in [0.2, 0.25) is 0 Å². The Morgan fingerprint density at radius 2 is 2.00 bits per heavy atom. The van der Waals surface area contributed by atoms with E-state index in [4.69, 9.17) is 5.73 Å². The molecule has 96 valence electrons. The van der Waals surface area contributed by atoms with Gasteiger partial charge in [-0.3, -0.25) is 0 Å². The zero-order valence-electron chi connectivity index (χ0n) is 11.2. The fourth-order valence-electron chi connectivity index (χ4n) is 2.74. The van der Waals surface area contributed by atoms with Crippen LogP contribution in [0.15, 0.2) is 0 Å². The lowest BCUT2D eigenvalue weighted by Crippen LogP contribution is -2.24. The Balaban J connectivity index is 2.28. The minimum Gasteiger partial charge on any atom is -0.321 e. The quantitative estimate of drug-likeness (QED) is 0.874. The van der Waals surface area contributed by atoms with E-state index in [0.717, 1.165) is 18.1 Å². The summed E-state index contributed by atoms with van der Waals surface area (Å²) in [5.41, 5.74) is 6.31. The van der Waals surface area contributed by atoms with Crippen LogP contribution in [-0.4, -0.2) is 14.8 Å². The highest BCUT2D eigenvalue weighted by Gasteiger charge is 2.26. The van der Waals surface area contributed by atoms with Crippen LogP contribution in [0.3, 0.4) is 0 Å². The Kier molecular flexibility index (Phi) is 3.82. The average Bonchev–Trinajstić information content (AvgIpc) is 2.95. The Labute approximate surface area is 104 Å². The van der Waals surface area contributed by atoms with Crippen LogP contribution in [0.25, 0.3) is 0 Å². The molecule has 0 aliphatic heterocycles. The molecular weight excluding hydrogens is 212 g/mol. The molecule has 0 spiro atoms. The topological polar surface area (TPSA) is 56.7 Å². The van der Waals surface area contributed by atoms with Crippen molar-refractivity contribution in [1.82, 2.24) is 14.8 Å². The first-order valence-corrected chi connectivity index (χ1v) is 6.82. The summed E-state index contributed by atoms with van der Waals surface area (Å²) >= 11 is 0. The van der Waals surface area contributed by atoms with Crippen molar-refractivity contribution >= 4 is 0 Å². The third-order valence-electron chi connectivity index (χ3n) is 4.14. The van der Waals surface area contributed by atoms with Crippen molar-refractivity contribution < 1.29 is 0 Å². The number of hydrogen-bond donors (Lipinski definition) is 1. The molecule has 0 radical (unpaired) electrons. The SMILES string of the molecule is CCC(C)[C@H](N)c1nnc(C)n1C1CCCC1. The summed E-state index contributed by atoms with van der Waals surface area (Å²) in [4.78, 5) is 0. The summed E-state index contributed by atoms with van der Waals surface area (Å²) in [6, 6.07) is 0.594. The third kappa shape index (κ3) is 2.37. The highest BCUT2D eigenvalue weighted by molar-refractivity contribution is 5.04. The molecule has 17 heavy (non-hydrogen) atoms. The first-order valence-electron chi connectivity index (χ1n) is 6.82. The van der Waals surface area contributed by atoms with E-state index in [1.54, 1.807) is 0 Å². The van der Waals surface area contributed by atoms with Gasteiger partial charge in [0.05, 0.1) is 6.04 Å². The molecule has 1 fully saturated rings. The minimum atomic E-state index is 0.0156. The number of nitrogens with two attached hydrogens (primary N) is 1. The monoisotopic (exact) mass is 236 g/mol. The Bertz CT molecular complexity index is 365. The highest BCUT2D eigenvalue weighted by Crippen LogP contribution is 2.33. The lowest BCUT2D eigenvalue weighted by molar-refractivity contribution is 0.396. The second-order valence-corrected chi connectivity index (χ2v) is 5.33. The molecule has 2 atom stereocenters. The largest absolute Gasteiger partial charge is 0.321 e. The average molecular weight is 236 g/mol. The zero-order valence-corrected chi connectivity index (χ0v) is 11.2. The molecule has 2 rings (SSSR count). The second-order valence-electron chi connectivity index (χ2n) is 5.33. The van der Waals surface area contributed by atoms with Gasteiger partial charge in [0.25, 0.3) is 0 Å². The molecule has 0 saturated heterocycles. The molecule has 1 heterocycles. The van der Waals surface area contributed by atoms with Crippen LogP contribution in [0.5, 0.6) is 0 Å². The van der Waals surface area contributed by atoms with Gasteiger partial charge in [-0.25, -0.2) is 0 Å². The Morgan fingerprint density at radius 3 is 2.59 bits per heavy atom. The first-order chi connectivity index (χ1) is 8.15. The van der Waals surface area contributed by atoms with Gasteiger partial charge >= 0.3 is 0 Å². The third-order valence-corrected chi connectivity index (χ3v) is 4.14. The van der Waals surface area contributed by atoms with Crippen LogP contribution in [0.2, 0.25) is 0 Å². The van der Waals surface area contributed by atoms with Crippen molar-refractivity contribution in [3.63, 3.8) is 0 Å². The van der Waals surface area contributed by atoms with E-state index in [-0.39, 0.29) is 6.04 Å². The molecule has 0 aromatic carbocycles. The molecule has 1 aliphatic carbocycles. The molecule has 1 aromatic heterocycles. The summed E-state index contributed by atoms with van der Waals surface area (Å²) < 4.78 is 2.30. The number of rotatable bonds is 4. The maximum absolute atomic E-state index is 6.31. The van der Waals surface area contributed by atoms with Gasteiger partial charge in [-0.2, -0.15) is 0 Å². The maximum Gasteiger partial charge on any atom is 0.150 e. The fraction of sp³-hybridized carbons (Fsp3) is 0.846. The second kappa shape index (κ2) is 5.17. The summed E-state index contributed by atoms with van der Waals surface area (Å²) in [6.07, 6.45) is 6.22. The molecule has 0 amide bonds. The van der Waals surface area contributed by atoms with Crippen molar-refractivity contribution in [2.24, 2.45) is 11.7 Å². The van der Waals surface area contributed by atoms with Crippen molar-refractivity contribution in [3.05, 3.63) is 11.6 Å². The van der Waals surface area contributed by atoms with Gasteiger partial charge in [-0.05, 0) is 25.7 Å². The lowest BCUT2D eigenvalue weighted by atomic mass is 9.99. The van der Waals surface area contributed by atoms with Gasteiger partial charge in [0.15, 0.2) is 5.82 Å². The molecule has 1 saturated carbocycles. The van der Waals surface area contributed by atoms with Crippen molar-refractivity contribution in [1.29, 1.82) is 0 Å². The Hall–Kier alpha value is -0.900. The van der Waals surface area contributed by atoms with Crippen molar-refractivity contribution in [2.45, 2.75) is 65.0 Å². The van der Waals surface area contributed by atoms with Gasteiger partial charge in [0.1, 0.15) is 5.82 Å². The van der Waals surface area contributed by atoms with Crippen LogP contribution < -0.4 is 5.73 Å². The van der Waals surface area contributed by atoms with Gasteiger partial charge in [-0.15, -0.1) is 10.2 Å². The molecule has 2 N–H and O–H groups in total. The van der Waals surface area contributed by atoms with Crippen molar-refractivity contribution in [3.8, 4) is 0 Å². The van der Waals surface area contributed by atoms with Crippen LogP contribution in [-0.2, 0) is 0 Å². The number of hydrogen-bond acceptors (Lipinski definition) is 3. The van der Waals surface area contributed by atoms with Gasteiger partial charge < -0.3 is 10.3 Å². The van der Waals surface area contributed by atoms with Gasteiger partial charge in [-0.1, -0.05) is 33.1 Å². The van der Waals surface area contributed by atoms with Crippen LogP contribution in [0.4, 0.5) is 0 Å². The smallest absolute Gasteiger partial charge is 0.150 e. The van der Waals surface area contributed by atoms with E-state index in [2.05, 4.69) is 28.6 Å². The normalized spacial score (nSPS) is 20.7. The molecule has 4 nitrogen and oxygen atoms in total. The molecule has 0 bridgehead atoms. The summed E-state index contributed by atoms with van der Waals surface area (Å²) in [5, 5.41) is 8.55. The molecule has 1 aromatic rings. The van der Waals surface area contributed by atoms with Crippen LogP contribution in [0.1, 0.15) is 69.7 Å². The molecular formula is C13H24N4. The van der Waals surface area contributed by atoms with Crippen molar-refractivity contribution in [2.75, 3.05) is 0 Å². The van der Waals surface area contributed by atoms with E-state index >= 15 is 0 Å². The van der Waals surface area contributed by atoms with Crippen LogP contribution >= 0.6 is 0 Å². The summed E-state index contributed by atoms with van der Waals surface area (Å²) in [6.45, 7) is 6.40. The van der Waals surface area contributed by atoms with E-state index < -0.39 is 0 Å². The number of nitrogens with zero attached hydrogens (tertiary/aromatic N) is 3. The predicted octanol–water partition coefficient (Wildman–Crippen LogP) is 2.75. The summed E-state index contributed by atoms with van der Waals surface area (Å²) in [7, 11) is 0. The van der Waals surface area contributed by atoms with E-state index in [9.17, 15) is 0 Å². The van der Waals surface area contributed by atoms with E-state index in [1.807, 2.05) is 6.92 Å². The molecule has 1 aliphatic rings.